The molecule has 110 valence electrons. The Balaban J connectivity index is 0.00000133. The zero-order chi connectivity index (χ0) is 12.8. The van der Waals surface area contributed by atoms with Gasteiger partial charge >= 0.3 is 0 Å². The van der Waals surface area contributed by atoms with Crippen LogP contribution in [0.2, 0.25) is 0 Å². The lowest BCUT2D eigenvalue weighted by Crippen LogP contribution is -2.48. The van der Waals surface area contributed by atoms with Crippen molar-refractivity contribution in [1.29, 1.82) is 0 Å². The molecule has 3 nitrogen and oxygen atoms in total. The monoisotopic (exact) mass is 286 g/mol. The Morgan fingerprint density at radius 2 is 1.68 bits per heavy atom. The molecule has 4 heteroatoms. The largest absolute Gasteiger partial charge is 0.355 e. The minimum atomic E-state index is -0.374. The lowest BCUT2D eigenvalue weighted by atomic mass is 9.49. The highest BCUT2D eigenvalue weighted by atomic mass is 35.5. The van der Waals surface area contributed by atoms with Crippen LogP contribution in [-0.4, -0.2) is 18.5 Å². The van der Waals surface area contributed by atoms with Gasteiger partial charge in [0, 0.05) is 6.54 Å². The molecule has 0 unspecified atom stereocenters. The lowest BCUT2D eigenvalue weighted by molar-refractivity contribution is -0.122. The molecule has 0 heterocycles. The van der Waals surface area contributed by atoms with Crippen LogP contribution in [0.3, 0.4) is 0 Å². The summed E-state index contributed by atoms with van der Waals surface area (Å²) in [4.78, 5) is 11.5. The molecule has 0 aromatic rings. The standard InChI is InChI=1S/C15H26N2O.ClH/c1-10(16)14(18)17-3-2-15-7-11-4-12(8-15)6-13(5-11)9-15;/h10-13H,2-9,16H2,1H3,(H,17,18);1H/t10-,11?,12?,13?,15?;/m1./s1. The average Bonchev–Trinajstić information content (AvgIpc) is 2.26. The van der Waals surface area contributed by atoms with Crippen molar-refractivity contribution in [3.05, 3.63) is 0 Å². The van der Waals surface area contributed by atoms with E-state index in [9.17, 15) is 4.79 Å². The Bertz CT molecular complexity index is 308. The van der Waals surface area contributed by atoms with E-state index in [2.05, 4.69) is 5.32 Å². The molecule has 4 saturated carbocycles. The lowest BCUT2D eigenvalue weighted by Gasteiger charge is -2.57. The second kappa shape index (κ2) is 5.61. The van der Waals surface area contributed by atoms with Crippen LogP contribution in [0.5, 0.6) is 0 Å². The van der Waals surface area contributed by atoms with Gasteiger partial charge in [-0.25, -0.2) is 0 Å². The summed E-state index contributed by atoms with van der Waals surface area (Å²) in [6, 6.07) is -0.374. The second-order valence-electron chi connectivity index (χ2n) is 7.25. The Morgan fingerprint density at radius 1 is 1.21 bits per heavy atom. The van der Waals surface area contributed by atoms with E-state index in [-0.39, 0.29) is 24.4 Å². The third-order valence-electron chi connectivity index (χ3n) is 5.53. The Hall–Kier alpha value is -0.280. The molecule has 0 aromatic heterocycles. The second-order valence-corrected chi connectivity index (χ2v) is 7.25. The molecule has 4 bridgehead atoms. The van der Waals surface area contributed by atoms with Gasteiger partial charge in [-0.3, -0.25) is 4.79 Å². The average molecular weight is 287 g/mol. The zero-order valence-electron chi connectivity index (χ0n) is 11.9. The van der Waals surface area contributed by atoms with E-state index in [0.29, 0.717) is 5.41 Å². The fraction of sp³-hybridized carbons (Fsp3) is 0.933. The van der Waals surface area contributed by atoms with Crippen molar-refractivity contribution in [2.75, 3.05) is 6.54 Å². The fourth-order valence-corrected chi connectivity index (χ4v) is 5.21. The minimum absolute atomic E-state index is 0. The summed E-state index contributed by atoms with van der Waals surface area (Å²) in [5.41, 5.74) is 6.14. The van der Waals surface area contributed by atoms with Crippen molar-refractivity contribution in [3.63, 3.8) is 0 Å². The Kier molecular flexibility index (Phi) is 4.46. The predicted molar refractivity (Wildman–Crippen MR) is 79.1 cm³/mol. The summed E-state index contributed by atoms with van der Waals surface area (Å²) in [6.07, 6.45) is 9.92. The highest BCUT2D eigenvalue weighted by molar-refractivity contribution is 5.85. The van der Waals surface area contributed by atoms with Crippen LogP contribution in [0, 0.1) is 23.2 Å². The van der Waals surface area contributed by atoms with Crippen molar-refractivity contribution in [1.82, 2.24) is 5.32 Å². The molecule has 1 atom stereocenters. The molecule has 4 fully saturated rings. The maximum atomic E-state index is 11.5. The number of carbonyl (C=O) groups is 1. The normalized spacial score (nSPS) is 40.6. The number of carbonyl (C=O) groups excluding carboxylic acids is 1. The van der Waals surface area contributed by atoms with E-state index in [1.165, 1.54) is 44.9 Å². The van der Waals surface area contributed by atoms with E-state index >= 15 is 0 Å². The fourth-order valence-electron chi connectivity index (χ4n) is 5.21. The number of hydrogen-bond donors (Lipinski definition) is 2. The van der Waals surface area contributed by atoms with E-state index in [1.807, 2.05) is 0 Å². The number of amides is 1. The number of hydrogen-bond acceptors (Lipinski definition) is 2. The van der Waals surface area contributed by atoms with Crippen molar-refractivity contribution in [2.45, 2.75) is 57.9 Å². The van der Waals surface area contributed by atoms with Gasteiger partial charge in [-0.2, -0.15) is 0 Å². The molecule has 3 N–H and O–H groups in total. The highest BCUT2D eigenvalue weighted by Gasteiger charge is 2.50. The van der Waals surface area contributed by atoms with Gasteiger partial charge < -0.3 is 11.1 Å². The van der Waals surface area contributed by atoms with E-state index < -0.39 is 0 Å². The molecule has 0 saturated heterocycles. The highest BCUT2D eigenvalue weighted by Crippen LogP contribution is 2.61. The van der Waals surface area contributed by atoms with Crippen LogP contribution >= 0.6 is 12.4 Å². The molecule has 4 rings (SSSR count). The van der Waals surface area contributed by atoms with Gasteiger partial charge in [0.15, 0.2) is 0 Å². The van der Waals surface area contributed by atoms with Gasteiger partial charge in [0.2, 0.25) is 5.91 Å². The van der Waals surface area contributed by atoms with Crippen LogP contribution in [-0.2, 0) is 4.79 Å². The van der Waals surface area contributed by atoms with Crippen molar-refractivity contribution in [2.24, 2.45) is 28.9 Å². The summed E-state index contributed by atoms with van der Waals surface area (Å²) < 4.78 is 0. The first kappa shape index (κ1) is 15.1. The van der Waals surface area contributed by atoms with Crippen LogP contribution in [0.15, 0.2) is 0 Å². The molecule has 0 aliphatic heterocycles. The first-order valence-corrected chi connectivity index (χ1v) is 7.60. The smallest absolute Gasteiger partial charge is 0.236 e. The summed E-state index contributed by atoms with van der Waals surface area (Å²) in [7, 11) is 0. The van der Waals surface area contributed by atoms with Gasteiger partial charge in [-0.1, -0.05) is 0 Å². The maximum absolute atomic E-state index is 11.5. The van der Waals surface area contributed by atoms with Crippen LogP contribution < -0.4 is 11.1 Å². The molecular formula is C15H27ClN2O. The number of halogens is 1. The van der Waals surface area contributed by atoms with Gasteiger partial charge in [0.05, 0.1) is 6.04 Å². The van der Waals surface area contributed by atoms with Gasteiger partial charge in [0.1, 0.15) is 0 Å². The van der Waals surface area contributed by atoms with Crippen molar-refractivity contribution < 1.29 is 4.79 Å². The maximum Gasteiger partial charge on any atom is 0.236 e. The van der Waals surface area contributed by atoms with Crippen molar-refractivity contribution in [3.8, 4) is 0 Å². The van der Waals surface area contributed by atoms with E-state index in [1.54, 1.807) is 6.92 Å². The summed E-state index contributed by atoms with van der Waals surface area (Å²) in [5, 5.41) is 2.99. The Labute approximate surface area is 122 Å². The molecular weight excluding hydrogens is 260 g/mol. The van der Waals surface area contributed by atoms with Gasteiger partial charge in [-0.15, -0.1) is 12.4 Å². The van der Waals surface area contributed by atoms with Gasteiger partial charge in [-0.05, 0) is 75.0 Å². The van der Waals surface area contributed by atoms with Crippen LogP contribution in [0.25, 0.3) is 0 Å². The summed E-state index contributed by atoms with van der Waals surface area (Å²) >= 11 is 0. The molecule has 0 radical (unpaired) electrons. The number of nitrogens with two attached hydrogens (primary N) is 1. The minimum Gasteiger partial charge on any atom is -0.355 e. The molecule has 19 heavy (non-hydrogen) atoms. The molecule has 0 aromatic carbocycles. The van der Waals surface area contributed by atoms with Crippen molar-refractivity contribution >= 4 is 18.3 Å². The summed E-state index contributed by atoms with van der Waals surface area (Å²) in [5.74, 6) is 3.00. The number of rotatable bonds is 4. The molecule has 1 amide bonds. The first-order chi connectivity index (χ1) is 8.56. The Morgan fingerprint density at radius 3 is 2.11 bits per heavy atom. The quantitative estimate of drug-likeness (QED) is 0.834. The first-order valence-electron chi connectivity index (χ1n) is 7.60. The van der Waals surface area contributed by atoms with E-state index in [0.717, 1.165) is 24.3 Å². The molecule has 4 aliphatic carbocycles. The zero-order valence-corrected chi connectivity index (χ0v) is 12.7. The molecule has 0 spiro atoms. The SMILES string of the molecule is C[C@@H](N)C(=O)NCCC12CC3CC(CC(C3)C1)C2.Cl. The molecule has 4 aliphatic rings. The third kappa shape index (κ3) is 3.08. The third-order valence-corrected chi connectivity index (χ3v) is 5.53. The predicted octanol–water partition coefficient (Wildman–Crippen LogP) is 2.48. The van der Waals surface area contributed by atoms with Crippen LogP contribution in [0.1, 0.15) is 51.9 Å². The van der Waals surface area contributed by atoms with Gasteiger partial charge in [0.25, 0.3) is 0 Å². The van der Waals surface area contributed by atoms with Crippen LogP contribution in [0.4, 0.5) is 0 Å². The van der Waals surface area contributed by atoms with E-state index in [4.69, 9.17) is 5.73 Å². The summed E-state index contributed by atoms with van der Waals surface area (Å²) in [6.45, 7) is 2.58. The topological polar surface area (TPSA) is 55.1 Å². The number of nitrogens with one attached hydrogen (secondary N) is 1.